The zero-order chi connectivity index (χ0) is 14.8. The van der Waals surface area contributed by atoms with Crippen molar-refractivity contribution >= 4 is 22.6 Å². The fourth-order valence-electron chi connectivity index (χ4n) is 3.14. The van der Waals surface area contributed by atoms with Gasteiger partial charge >= 0.3 is 0 Å². The summed E-state index contributed by atoms with van der Waals surface area (Å²) < 4.78 is 0. The lowest BCUT2D eigenvalue weighted by Gasteiger charge is -2.25. The summed E-state index contributed by atoms with van der Waals surface area (Å²) >= 11 is 0. The van der Waals surface area contributed by atoms with Crippen molar-refractivity contribution in [2.24, 2.45) is 10.9 Å². The molecule has 0 amide bonds. The van der Waals surface area contributed by atoms with E-state index in [1.807, 2.05) is 30.3 Å². The van der Waals surface area contributed by atoms with Gasteiger partial charge < -0.3 is 15.8 Å². The third-order valence-corrected chi connectivity index (χ3v) is 4.23. The number of rotatable bonds is 3. The first-order valence-corrected chi connectivity index (χ1v) is 7.39. The van der Waals surface area contributed by atoms with Crippen LogP contribution in [0.15, 0.2) is 35.5 Å². The summed E-state index contributed by atoms with van der Waals surface area (Å²) in [5, 5.41) is 13.1. The number of pyridine rings is 1. The molecule has 0 aliphatic carbocycles. The van der Waals surface area contributed by atoms with E-state index in [-0.39, 0.29) is 5.84 Å². The van der Waals surface area contributed by atoms with Gasteiger partial charge in [0.25, 0.3) is 0 Å². The Labute approximate surface area is 124 Å². The molecule has 2 aromatic rings. The summed E-state index contributed by atoms with van der Waals surface area (Å²) in [5.41, 5.74) is 7.46. The van der Waals surface area contributed by atoms with Crippen LogP contribution < -0.4 is 10.6 Å². The molecule has 5 nitrogen and oxygen atoms in total. The average Bonchev–Trinajstić information content (AvgIpc) is 3.01. The SMILES string of the molecule is CCC1CCCN1c1cc(C(N)=NO)c2ccccc2n1. The summed E-state index contributed by atoms with van der Waals surface area (Å²) in [4.78, 5) is 7.10. The van der Waals surface area contributed by atoms with E-state index in [0.717, 1.165) is 35.2 Å². The van der Waals surface area contributed by atoms with Gasteiger partial charge in [0.2, 0.25) is 0 Å². The minimum atomic E-state index is 0.127. The second-order valence-electron chi connectivity index (χ2n) is 5.43. The molecule has 1 fully saturated rings. The lowest BCUT2D eigenvalue weighted by molar-refractivity contribution is 0.318. The summed E-state index contributed by atoms with van der Waals surface area (Å²) in [6, 6.07) is 10.3. The first-order chi connectivity index (χ1) is 10.2. The zero-order valence-electron chi connectivity index (χ0n) is 12.2. The zero-order valence-corrected chi connectivity index (χ0v) is 12.2. The van der Waals surface area contributed by atoms with Crippen molar-refractivity contribution in [3.8, 4) is 0 Å². The molecule has 1 unspecified atom stereocenters. The van der Waals surface area contributed by atoms with Crippen molar-refractivity contribution in [1.29, 1.82) is 0 Å². The second-order valence-corrected chi connectivity index (χ2v) is 5.43. The van der Waals surface area contributed by atoms with Crippen molar-refractivity contribution in [2.75, 3.05) is 11.4 Å². The van der Waals surface area contributed by atoms with Crippen LogP contribution in [0, 0.1) is 0 Å². The molecule has 1 saturated heterocycles. The largest absolute Gasteiger partial charge is 0.409 e. The Kier molecular flexibility index (Phi) is 3.64. The number of anilines is 1. The molecule has 110 valence electrons. The Bertz CT molecular complexity index is 683. The predicted octanol–water partition coefficient (Wildman–Crippen LogP) is 2.71. The predicted molar refractivity (Wildman–Crippen MR) is 84.9 cm³/mol. The van der Waals surface area contributed by atoms with E-state index in [0.29, 0.717) is 6.04 Å². The summed E-state index contributed by atoms with van der Waals surface area (Å²) in [6.07, 6.45) is 3.49. The van der Waals surface area contributed by atoms with Gasteiger partial charge in [0.1, 0.15) is 5.82 Å². The maximum absolute atomic E-state index is 9.03. The van der Waals surface area contributed by atoms with E-state index in [2.05, 4.69) is 17.0 Å². The van der Waals surface area contributed by atoms with Crippen LogP contribution in [-0.4, -0.2) is 28.6 Å². The van der Waals surface area contributed by atoms with Gasteiger partial charge in [0.15, 0.2) is 5.84 Å². The number of hydrogen-bond donors (Lipinski definition) is 2. The Morgan fingerprint density at radius 2 is 2.29 bits per heavy atom. The van der Waals surface area contributed by atoms with Gasteiger partial charge in [0.05, 0.1) is 5.52 Å². The monoisotopic (exact) mass is 284 g/mol. The number of amidine groups is 1. The molecular weight excluding hydrogens is 264 g/mol. The lowest BCUT2D eigenvalue weighted by atomic mass is 10.1. The van der Waals surface area contributed by atoms with Gasteiger partial charge in [0, 0.05) is 23.5 Å². The molecule has 3 rings (SSSR count). The Balaban J connectivity index is 2.16. The van der Waals surface area contributed by atoms with E-state index in [1.165, 1.54) is 12.8 Å². The van der Waals surface area contributed by atoms with Crippen LogP contribution in [0.4, 0.5) is 5.82 Å². The molecule has 21 heavy (non-hydrogen) atoms. The third kappa shape index (κ3) is 2.39. The molecule has 1 aliphatic heterocycles. The third-order valence-electron chi connectivity index (χ3n) is 4.23. The molecule has 1 aromatic heterocycles. The van der Waals surface area contributed by atoms with Crippen molar-refractivity contribution in [3.63, 3.8) is 0 Å². The van der Waals surface area contributed by atoms with Crippen LogP contribution in [0.2, 0.25) is 0 Å². The number of aromatic nitrogens is 1. The molecule has 0 saturated carbocycles. The molecule has 0 spiro atoms. The fourth-order valence-corrected chi connectivity index (χ4v) is 3.14. The minimum absolute atomic E-state index is 0.127. The van der Waals surface area contributed by atoms with Gasteiger partial charge in [-0.3, -0.25) is 0 Å². The fraction of sp³-hybridized carbons (Fsp3) is 0.375. The summed E-state index contributed by atoms with van der Waals surface area (Å²) in [5.74, 6) is 1.04. The Morgan fingerprint density at radius 3 is 3.05 bits per heavy atom. The average molecular weight is 284 g/mol. The van der Waals surface area contributed by atoms with E-state index in [9.17, 15) is 0 Å². The van der Waals surface area contributed by atoms with Crippen LogP contribution in [0.1, 0.15) is 31.7 Å². The van der Waals surface area contributed by atoms with E-state index < -0.39 is 0 Å². The number of oxime groups is 1. The van der Waals surface area contributed by atoms with Crippen LogP contribution in [0.5, 0.6) is 0 Å². The molecule has 1 aliphatic rings. The Morgan fingerprint density at radius 1 is 1.48 bits per heavy atom. The van der Waals surface area contributed by atoms with Gasteiger partial charge in [-0.25, -0.2) is 4.98 Å². The highest BCUT2D eigenvalue weighted by Gasteiger charge is 2.25. The molecule has 5 heteroatoms. The van der Waals surface area contributed by atoms with Gasteiger partial charge in [-0.1, -0.05) is 30.3 Å². The number of benzene rings is 1. The number of nitrogens with two attached hydrogens (primary N) is 1. The van der Waals surface area contributed by atoms with Crippen LogP contribution in [0.25, 0.3) is 10.9 Å². The minimum Gasteiger partial charge on any atom is -0.409 e. The molecule has 3 N–H and O–H groups in total. The van der Waals surface area contributed by atoms with Crippen molar-refractivity contribution < 1.29 is 5.21 Å². The maximum Gasteiger partial charge on any atom is 0.170 e. The normalized spacial score (nSPS) is 19.4. The first-order valence-electron chi connectivity index (χ1n) is 7.39. The lowest BCUT2D eigenvalue weighted by Crippen LogP contribution is -2.29. The van der Waals surface area contributed by atoms with Crippen LogP contribution in [0.3, 0.4) is 0 Å². The number of nitrogens with zero attached hydrogens (tertiary/aromatic N) is 3. The molecule has 1 atom stereocenters. The topological polar surface area (TPSA) is 74.7 Å². The molecule has 0 bridgehead atoms. The highest BCUT2D eigenvalue weighted by Crippen LogP contribution is 2.29. The summed E-state index contributed by atoms with van der Waals surface area (Å²) in [7, 11) is 0. The van der Waals surface area contributed by atoms with Gasteiger partial charge in [-0.15, -0.1) is 0 Å². The smallest absolute Gasteiger partial charge is 0.170 e. The Hall–Kier alpha value is -2.30. The highest BCUT2D eigenvalue weighted by atomic mass is 16.4. The van der Waals surface area contributed by atoms with Crippen LogP contribution >= 0.6 is 0 Å². The standard InChI is InChI=1S/C16H20N4O/c1-2-11-6-5-9-20(11)15-10-13(16(17)19-21)12-7-3-4-8-14(12)18-15/h3-4,7-8,10-11,21H,2,5-6,9H2,1H3,(H2,17,19). The number of fused-ring (bicyclic) bond motifs is 1. The van der Waals surface area contributed by atoms with Crippen molar-refractivity contribution in [2.45, 2.75) is 32.2 Å². The summed E-state index contributed by atoms with van der Waals surface area (Å²) in [6.45, 7) is 3.22. The van der Waals surface area contributed by atoms with Crippen LogP contribution in [-0.2, 0) is 0 Å². The highest BCUT2D eigenvalue weighted by molar-refractivity contribution is 6.08. The molecular formula is C16H20N4O. The molecule has 0 radical (unpaired) electrons. The van der Waals surface area contributed by atoms with E-state index >= 15 is 0 Å². The number of para-hydroxylation sites is 1. The second kappa shape index (κ2) is 5.60. The van der Waals surface area contributed by atoms with E-state index in [4.69, 9.17) is 15.9 Å². The van der Waals surface area contributed by atoms with Gasteiger partial charge in [-0.05, 0) is 31.4 Å². The van der Waals surface area contributed by atoms with Gasteiger partial charge in [-0.2, -0.15) is 0 Å². The van der Waals surface area contributed by atoms with Crippen molar-refractivity contribution in [1.82, 2.24) is 4.98 Å². The number of hydrogen-bond acceptors (Lipinski definition) is 4. The van der Waals surface area contributed by atoms with E-state index in [1.54, 1.807) is 0 Å². The maximum atomic E-state index is 9.03. The molecule has 1 aromatic carbocycles. The quantitative estimate of drug-likeness (QED) is 0.393. The van der Waals surface area contributed by atoms with Crippen molar-refractivity contribution in [3.05, 3.63) is 35.9 Å². The first kappa shape index (κ1) is 13.7. The molecule has 2 heterocycles.